The van der Waals surface area contributed by atoms with Gasteiger partial charge in [-0.05, 0) is 12.5 Å². The number of aromatic amines is 3. The van der Waals surface area contributed by atoms with Gasteiger partial charge < -0.3 is 0 Å². The fraction of sp³-hybridized carbons (Fsp3) is 0.143. The number of benzene rings is 1. The number of nitrogens with one attached hydrogen (secondary N) is 3. The second-order valence-electron chi connectivity index (χ2n) is 4.85. The molecule has 0 saturated heterocycles. The smallest absolute Gasteiger partial charge is 0.292 e. The van der Waals surface area contributed by atoms with Crippen LogP contribution in [-0.2, 0) is 0 Å². The molecule has 3 rings (SSSR count). The third-order valence-electron chi connectivity index (χ3n) is 3.35. The van der Waals surface area contributed by atoms with E-state index in [1.54, 1.807) is 13.1 Å². The Morgan fingerprint density at radius 1 is 1.18 bits per heavy atom. The zero-order chi connectivity index (χ0) is 15.7. The van der Waals surface area contributed by atoms with E-state index in [2.05, 4.69) is 25.4 Å². The van der Waals surface area contributed by atoms with Gasteiger partial charge in [0.05, 0.1) is 5.69 Å². The number of H-pyrrole nitrogens is 3. The maximum absolute atomic E-state index is 12.2. The van der Waals surface area contributed by atoms with E-state index in [-0.39, 0.29) is 5.82 Å². The lowest BCUT2D eigenvalue weighted by molar-refractivity contribution is 0.0982. The molecule has 3 N–H and O–H groups in total. The van der Waals surface area contributed by atoms with Crippen molar-refractivity contribution in [3.63, 3.8) is 0 Å². The van der Waals surface area contributed by atoms with Crippen LogP contribution >= 0.6 is 0 Å². The Kier molecular flexibility index (Phi) is 3.34. The van der Waals surface area contributed by atoms with Crippen molar-refractivity contribution in [1.29, 1.82) is 0 Å². The number of amides is 1. The lowest BCUT2D eigenvalue weighted by atomic mass is 10.1. The molecule has 0 bridgehead atoms. The van der Waals surface area contributed by atoms with Crippen LogP contribution in [0.2, 0.25) is 0 Å². The highest BCUT2D eigenvalue weighted by atomic mass is 16.2. The van der Waals surface area contributed by atoms with Crippen LogP contribution in [0.5, 0.6) is 0 Å². The molecule has 1 aromatic carbocycles. The molecule has 0 radical (unpaired) electrons. The maximum atomic E-state index is 12.2. The van der Waals surface area contributed by atoms with Gasteiger partial charge in [-0.1, -0.05) is 24.3 Å². The predicted molar refractivity (Wildman–Crippen MR) is 80.7 cm³/mol. The quantitative estimate of drug-likeness (QED) is 0.671. The van der Waals surface area contributed by atoms with Gasteiger partial charge in [-0.25, -0.2) is 9.89 Å². The van der Waals surface area contributed by atoms with Crippen LogP contribution < -0.4 is 10.6 Å². The zero-order valence-electron chi connectivity index (χ0n) is 12.0. The lowest BCUT2D eigenvalue weighted by Gasteiger charge is -2.11. The number of carbonyl (C=O) groups is 1. The van der Waals surface area contributed by atoms with Crippen LogP contribution in [-0.4, -0.2) is 38.3 Å². The minimum atomic E-state index is -0.528. The Bertz CT molecular complexity index is 875. The minimum Gasteiger partial charge on any atom is -0.292 e. The fourth-order valence-electron chi connectivity index (χ4n) is 2.13. The molecule has 22 heavy (non-hydrogen) atoms. The first kappa shape index (κ1) is 13.8. The summed E-state index contributed by atoms with van der Waals surface area (Å²) in [7, 11) is 1.56. The van der Waals surface area contributed by atoms with Crippen LogP contribution in [0.4, 0.5) is 5.82 Å². The van der Waals surface area contributed by atoms with E-state index in [1.165, 1.54) is 4.90 Å². The Balaban J connectivity index is 1.89. The summed E-state index contributed by atoms with van der Waals surface area (Å²) >= 11 is 0. The maximum Gasteiger partial charge on any atom is 0.341 e. The predicted octanol–water partition coefficient (Wildman–Crippen LogP) is 1.07. The van der Waals surface area contributed by atoms with Crippen LogP contribution in [0.25, 0.3) is 11.3 Å². The topological polar surface area (TPSA) is 111 Å². The summed E-state index contributed by atoms with van der Waals surface area (Å²) in [5.74, 6) is -0.0822. The highest BCUT2D eigenvalue weighted by Crippen LogP contribution is 2.24. The first-order chi connectivity index (χ1) is 10.6. The molecule has 2 heterocycles. The molecule has 8 nitrogen and oxygen atoms in total. The molecule has 0 saturated carbocycles. The van der Waals surface area contributed by atoms with Crippen LogP contribution in [0.1, 0.15) is 16.2 Å². The minimum absolute atomic E-state index is 0.0621. The van der Waals surface area contributed by atoms with E-state index < -0.39 is 11.6 Å². The van der Waals surface area contributed by atoms with Crippen molar-refractivity contribution in [2.75, 3.05) is 11.9 Å². The van der Waals surface area contributed by atoms with Crippen molar-refractivity contribution in [2.45, 2.75) is 6.92 Å². The largest absolute Gasteiger partial charge is 0.341 e. The van der Waals surface area contributed by atoms with Crippen LogP contribution in [0.15, 0.2) is 35.1 Å². The molecule has 0 atom stereocenters. The van der Waals surface area contributed by atoms with Crippen molar-refractivity contribution >= 4 is 11.7 Å². The first-order valence-corrected chi connectivity index (χ1v) is 6.60. The van der Waals surface area contributed by atoms with E-state index in [0.29, 0.717) is 5.82 Å². The van der Waals surface area contributed by atoms with Gasteiger partial charge >= 0.3 is 5.69 Å². The van der Waals surface area contributed by atoms with Gasteiger partial charge in [0.15, 0.2) is 5.82 Å². The molecule has 0 unspecified atom stereocenters. The molecule has 0 aliphatic rings. The summed E-state index contributed by atoms with van der Waals surface area (Å²) in [6.45, 7) is 2.00. The summed E-state index contributed by atoms with van der Waals surface area (Å²) in [6, 6.07) is 9.63. The second kappa shape index (κ2) is 5.32. The van der Waals surface area contributed by atoms with Crippen LogP contribution in [0.3, 0.4) is 0 Å². The van der Waals surface area contributed by atoms with E-state index in [0.717, 1.165) is 16.8 Å². The highest BCUT2D eigenvalue weighted by molar-refractivity contribution is 6.02. The van der Waals surface area contributed by atoms with Gasteiger partial charge in [-0.2, -0.15) is 5.10 Å². The third kappa shape index (κ3) is 2.41. The molecular weight excluding hydrogens is 284 g/mol. The molecule has 8 heteroatoms. The number of anilines is 1. The van der Waals surface area contributed by atoms with Crippen molar-refractivity contribution in [3.8, 4) is 11.3 Å². The standard InChI is InChI=1S/C14H14N6O2/c1-8-5-3-4-6-9(8)10-7-11(17-16-10)20(2)13(21)12-15-14(22)19-18-12/h3-7H,1-2H3,(H,16,17)(H2,15,18,19,22). The van der Waals surface area contributed by atoms with Crippen molar-refractivity contribution < 1.29 is 4.79 Å². The number of aryl methyl sites for hydroxylation is 1. The zero-order valence-corrected chi connectivity index (χ0v) is 12.0. The van der Waals surface area contributed by atoms with E-state index in [1.807, 2.05) is 31.2 Å². The molecule has 1 amide bonds. The molecule has 0 fully saturated rings. The van der Waals surface area contributed by atoms with E-state index in [9.17, 15) is 9.59 Å². The number of nitrogens with zero attached hydrogens (tertiary/aromatic N) is 3. The summed E-state index contributed by atoms with van der Waals surface area (Å²) < 4.78 is 0. The van der Waals surface area contributed by atoms with Gasteiger partial charge in [0, 0.05) is 18.7 Å². The Morgan fingerprint density at radius 2 is 1.95 bits per heavy atom. The normalized spacial score (nSPS) is 10.6. The number of rotatable bonds is 3. The molecular formula is C14H14N6O2. The average molecular weight is 298 g/mol. The Hall–Kier alpha value is -3.16. The number of carbonyl (C=O) groups excluding carboxylic acids is 1. The molecule has 112 valence electrons. The fourth-order valence-corrected chi connectivity index (χ4v) is 2.13. The second-order valence-corrected chi connectivity index (χ2v) is 4.85. The lowest BCUT2D eigenvalue weighted by Crippen LogP contribution is -2.28. The van der Waals surface area contributed by atoms with Crippen molar-refractivity contribution in [1.82, 2.24) is 25.4 Å². The highest BCUT2D eigenvalue weighted by Gasteiger charge is 2.19. The summed E-state index contributed by atoms with van der Waals surface area (Å²) in [4.78, 5) is 26.8. The van der Waals surface area contributed by atoms with Gasteiger partial charge in [-0.3, -0.25) is 19.8 Å². The third-order valence-corrected chi connectivity index (χ3v) is 3.35. The number of aromatic nitrogens is 5. The molecule has 2 aromatic heterocycles. The molecule has 3 aromatic rings. The monoisotopic (exact) mass is 298 g/mol. The van der Waals surface area contributed by atoms with Gasteiger partial charge in [0.2, 0.25) is 5.82 Å². The van der Waals surface area contributed by atoms with Crippen molar-refractivity contribution in [2.24, 2.45) is 0 Å². The Morgan fingerprint density at radius 3 is 2.64 bits per heavy atom. The van der Waals surface area contributed by atoms with Gasteiger partial charge in [0.25, 0.3) is 5.91 Å². The first-order valence-electron chi connectivity index (χ1n) is 6.60. The van der Waals surface area contributed by atoms with E-state index >= 15 is 0 Å². The Labute approximate surface area is 125 Å². The summed E-state index contributed by atoms with van der Waals surface area (Å²) in [5.41, 5.74) is 2.39. The van der Waals surface area contributed by atoms with Gasteiger partial charge in [0.1, 0.15) is 0 Å². The van der Waals surface area contributed by atoms with E-state index in [4.69, 9.17) is 0 Å². The van der Waals surface area contributed by atoms with Crippen molar-refractivity contribution in [3.05, 3.63) is 52.2 Å². The SMILES string of the molecule is Cc1ccccc1-c1cc(N(C)C(=O)c2n[nH]c(=O)[nH]2)n[nH]1. The van der Waals surface area contributed by atoms with Gasteiger partial charge in [-0.15, -0.1) is 5.10 Å². The van der Waals surface area contributed by atoms with Crippen LogP contribution in [0, 0.1) is 6.92 Å². The number of hydrogen-bond donors (Lipinski definition) is 3. The molecule has 0 spiro atoms. The average Bonchev–Trinajstić information content (AvgIpc) is 3.15. The molecule has 0 aliphatic carbocycles. The summed E-state index contributed by atoms with van der Waals surface area (Å²) in [5, 5.41) is 12.8. The summed E-state index contributed by atoms with van der Waals surface area (Å²) in [6.07, 6.45) is 0. The number of hydrogen-bond acceptors (Lipinski definition) is 4. The molecule has 0 aliphatic heterocycles.